The van der Waals surface area contributed by atoms with Crippen LogP contribution in [0.15, 0.2) is 18.3 Å². The molecule has 1 heterocycles. The Morgan fingerprint density at radius 2 is 2.38 bits per heavy atom. The largest absolute Gasteiger partial charge is 0.389 e. The van der Waals surface area contributed by atoms with E-state index in [1.165, 1.54) is 0 Å². The summed E-state index contributed by atoms with van der Waals surface area (Å²) in [5, 5.41) is 3.14. The Balaban J connectivity index is 2.38. The number of nitrogens with zero attached hydrogens (tertiary/aromatic N) is 1. The van der Waals surface area contributed by atoms with Crippen LogP contribution in [0.1, 0.15) is 12.0 Å². The van der Waals surface area contributed by atoms with Crippen molar-refractivity contribution in [1.29, 1.82) is 0 Å². The lowest BCUT2D eigenvalue weighted by Gasteiger charge is -2.05. The fourth-order valence-electron chi connectivity index (χ4n) is 1.14. The highest BCUT2D eigenvalue weighted by atomic mass is 32.2. The molecule has 0 aromatic carbocycles. The molecule has 0 amide bonds. The van der Waals surface area contributed by atoms with E-state index in [1.807, 2.05) is 12.1 Å². The second kappa shape index (κ2) is 6.55. The number of rotatable bonds is 6. The smallest absolute Gasteiger partial charge is 0.125 e. The van der Waals surface area contributed by atoms with Gasteiger partial charge < -0.3 is 11.1 Å². The van der Waals surface area contributed by atoms with Crippen LogP contribution in [-0.4, -0.2) is 32.7 Å². The summed E-state index contributed by atoms with van der Waals surface area (Å²) in [6, 6.07) is 3.66. The summed E-state index contributed by atoms with van der Waals surface area (Å²) in [6.07, 6.45) is 4.21. The van der Waals surface area contributed by atoms with Crippen LogP contribution in [0, 0.1) is 0 Å². The highest BCUT2D eigenvalue weighted by Gasteiger charge is 1.98. The molecule has 6 heteroatoms. The van der Waals surface area contributed by atoms with E-state index in [1.54, 1.807) is 12.5 Å². The van der Waals surface area contributed by atoms with Crippen LogP contribution in [0.2, 0.25) is 0 Å². The molecule has 1 unspecified atom stereocenters. The molecule has 88 valence electrons. The van der Waals surface area contributed by atoms with Crippen molar-refractivity contribution in [3.8, 4) is 0 Å². The van der Waals surface area contributed by atoms with E-state index < -0.39 is 10.8 Å². The first kappa shape index (κ1) is 13.1. The van der Waals surface area contributed by atoms with E-state index in [0.717, 1.165) is 24.3 Å². The van der Waals surface area contributed by atoms with Crippen molar-refractivity contribution >= 4 is 33.8 Å². The maximum atomic E-state index is 10.8. The van der Waals surface area contributed by atoms with Crippen LogP contribution in [0.3, 0.4) is 0 Å². The van der Waals surface area contributed by atoms with Crippen molar-refractivity contribution in [2.24, 2.45) is 5.73 Å². The van der Waals surface area contributed by atoms with Gasteiger partial charge >= 0.3 is 0 Å². The Morgan fingerprint density at radius 1 is 1.62 bits per heavy atom. The maximum absolute atomic E-state index is 10.8. The second-order valence-electron chi connectivity index (χ2n) is 3.35. The van der Waals surface area contributed by atoms with Crippen molar-refractivity contribution in [2.75, 3.05) is 23.9 Å². The Kier molecular flexibility index (Phi) is 5.34. The summed E-state index contributed by atoms with van der Waals surface area (Å²) < 4.78 is 10.8. The third-order valence-corrected chi connectivity index (χ3v) is 3.06. The van der Waals surface area contributed by atoms with Gasteiger partial charge in [-0.05, 0) is 18.6 Å². The number of anilines is 1. The average Bonchev–Trinajstić information content (AvgIpc) is 2.25. The van der Waals surface area contributed by atoms with Gasteiger partial charge in [0.1, 0.15) is 10.8 Å². The quantitative estimate of drug-likeness (QED) is 0.585. The predicted octanol–water partition coefficient (Wildman–Crippen LogP) is 0.896. The van der Waals surface area contributed by atoms with Crippen LogP contribution in [0.5, 0.6) is 0 Å². The summed E-state index contributed by atoms with van der Waals surface area (Å²) in [6.45, 7) is 0.763. The molecular weight excluding hydrogens is 242 g/mol. The number of hydrogen-bond donors (Lipinski definition) is 2. The molecule has 0 aliphatic carbocycles. The predicted molar refractivity (Wildman–Crippen MR) is 72.2 cm³/mol. The Hall–Kier alpha value is -1.01. The number of nitrogens with two attached hydrogens (primary N) is 1. The number of nitrogens with one attached hydrogen (secondary N) is 1. The maximum Gasteiger partial charge on any atom is 0.125 e. The van der Waals surface area contributed by atoms with Crippen LogP contribution >= 0.6 is 12.2 Å². The summed E-state index contributed by atoms with van der Waals surface area (Å²) in [5.74, 6) is 1.49. The SMILES string of the molecule is CS(=O)CCCNc1ccc(C(N)=S)cn1. The number of hydrogen-bond acceptors (Lipinski definition) is 4. The lowest BCUT2D eigenvalue weighted by Crippen LogP contribution is -2.11. The van der Waals surface area contributed by atoms with E-state index in [4.69, 9.17) is 18.0 Å². The highest BCUT2D eigenvalue weighted by Crippen LogP contribution is 2.04. The third kappa shape index (κ3) is 4.67. The molecule has 0 radical (unpaired) electrons. The van der Waals surface area contributed by atoms with Crippen LogP contribution < -0.4 is 11.1 Å². The molecular formula is C10H15N3OS2. The van der Waals surface area contributed by atoms with Gasteiger partial charge in [0, 0.05) is 41.1 Å². The van der Waals surface area contributed by atoms with E-state index in [0.29, 0.717) is 10.7 Å². The van der Waals surface area contributed by atoms with E-state index in [-0.39, 0.29) is 0 Å². The van der Waals surface area contributed by atoms with Crippen molar-refractivity contribution in [3.05, 3.63) is 23.9 Å². The normalized spacial score (nSPS) is 12.1. The lowest BCUT2D eigenvalue weighted by atomic mass is 10.3. The molecule has 0 aliphatic heterocycles. The zero-order chi connectivity index (χ0) is 12.0. The fourth-order valence-corrected chi connectivity index (χ4v) is 1.81. The van der Waals surface area contributed by atoms with Crippen molar-refractivity contribution in [2.45, 2.75) is 6.42 Å². The molecule has 4 nitrogen and oxygen atoms in total. The molecule has 1 aromatic rings. The van der Waals surface area contributed by atoms with Crippen molar-refractivity contribution in [3.63, 3.8) is 0 Å². The Labute approximate surface area is 103 Å². The molecule has 0 bridgehead atoms. The zero-order valence-corrected chi connectivity index (χ0v) is 10.7. The molecule has 0 saturated carbocycles. The summed E-state index contributed by atoms with van der Waals surface area (Å²) in [5.41, 5.74) is 6.22. The molecule has 1 rings (SSSR count). The molecule has 0 spiro atoms. The van der Waals surface area contributed by atoms with E-state index in [2.05, 4.69) is 10.3 Å². The molecule has 16 heavy (non-hydrogen) atoms. The Morgan fingerprint density at radius 3 is 2.88 bits per heavy atom. The van der Waals surface area contributed by atoms with Gasteiger partial charge in [-0.3, -0.25) is 4.21 Å². The van der Waals surface area contributed by atoms with Gasteiger partial charge in [0.05, 0.1) is 0 Å². The summed E-state index contributed by atoms with van der Waals surface area (Å²) in [4.78, 5) is 4.51. The summed E-state index contributed by atoms with van der Waals surface area (Å²) >= 11 is 4.82. The average molecular weight is 257 g/mol. The van der Waals surface area contributed by atoms with Gasteiger partial charge in [-0.1, -0.05) is 12.2 Å². The minimum absolute atomic E-state index is 0.348. The van der Waals surface area contributed by atoms with Crippen molar-refractivity contribution < 1.29 is 4.21 Å². The molecule has 3 N–H and O–H groups in total. The molecule has 0 saturated heterocycles. The first-order valence-corrected chi connectivity index (χ1v) is 7.03. The highest BCUT2D eigenvalue weighted by molar-refractivity contribution is 7.84. The molecule has 1 atom stereocenters. The van der Waals surface area contributed by atoms with E-state index in [9.17, 15) is 4.21 Å². The second-order valence-corrected chi connectivity index (χ2v) is 5.35. The molecule has 0 fully saturated rings. The zero-order valence-electron chi connectivity index (χ0n) is 9.10. The standard InChI is InChI=1S/C10H15N3OS2/c1-16(14)6-2-5-12-9-4-3-8(7-13-9)10(11)15/h3-4,7H,2,5-6H2,1H3,(H2,11,15)(H,12,13). The fraction of sp³-hybridized carbons (Fsp3) is 0.400. The summed E-state index contributed by atoms with van der Waals surface area (Å²) in [7, 11) is -0.727. The van der Waals surface area contributed by atoms with E-state index >= 15 is 0 Å². The van der Waals surface area contributed by atoms with Gasteiger partial charge in [-0.15, -0.1) is 0 Å². The lowest BCUT2D eigenvalue weighted by molar-refractivity contribution is 0.685. The Bertz CT molecular complexity index is 378. The minimum atomic E-state index is -0.727. The van der Waals surface area contributed by atoms with Crippen molar-refractivity contribution in [1.82, 2.24) is 4.98 Å². The van der Waals surface area contributed by atoms with Gasteiger partial charge in [-0.25, -0.2) is 4.98 Å². The van der Waals surface area contributed by atoms with Crippen LogP contribution in [-0.2, 0) is 10.8 Å². The monoisotopic (exact) mass is 257 g/mol. The first-order chi connectivity index (χ1) is 7.59. The van der Waals surface area contributed by atoms with Crippen LogP contribution in [0.4, 0.5) is 5.82 Å². The first-order valence-electron chi connectivity index (χ1n) is 4.89. The number of aromatic nitrogens is 1. The van der Waals surface area contributed by atoms with Gasteiger partial charge in [-0.2, -0.15) is 0 Å². The molecule has 0 aliphatic rings. The minimum Gasteiger partial charge on any atom is -0.389 e. The number of thiocarbonyl (C=S) groups is 1. The third-order valence-electron chi connectivity index (χ3n) is 1.96. The number of pyridine rings is 1. The van der Waals surface area contributed by atoms with Gasteiger partial charge in [0.15, 0.2) is 0 Å². The van der Waals surface area contributed by atoms with Gasteiger partial charge in [0.2, 0.25) is 0 Å². The molecule has 1 aromatic heterocycles. The topological polar surface area (TPSA) is 68.0 Å². The van der Waals surface area contributed by atoms with Gasteiger partial charge in [0.25, 0.3) is 0 Å². The van der Waals surface area contributed by atoms with Crippen LogP contribution in [0.25, 0.3) is 0 Å².